The number of nitrogens with zero attached hydrogens (tertiary/aromatic N) is 3. The summed E-state index contributed by atoms with van der Waals surface area (Å²) in [6.07, 6.45) is 4.55. The molecule has 0 spiro atoms. The molecule has 3 rings (SSSR count). The Bertz CT molecular complexity index is 923. The number of pyridine rings is 1. The number of nitrogens with two attached hydrogens (primary N) is 1. The molecule has 0 unspecified atom stereocenters. The fourth-order valence-corrected chi connectivity index (χ4v) is 2.97. The maximum Gasteiger partial charge on any atom is 0.387 e. The molecule has 0 atom stereocenters. The van der Waals surface area contributed by atoms with E-state index in [1.807, 2.05) is 13.8 Å². The second kappa shape index (κ2) is 11.7. The number of halogens is 3. The maximum absolute atomic E-state index is 14.1. The molecule has 166 valence electrons. The number of nitrogens with one attached hydrogen (secondary N) is 1. The zero-order valence-corrected chi connectivity index (χ0v) is 17.5. The van der Waals surface area contributed by atoms with Crippen LogP contribution >= 0.6 is 0 Å². The van der Waals surface area contributed by atoms with Crippen molar-refractivity contribution in [1.82, 2.24) is 4.98 Å². The lowest BCUT2D eigenvalue weighted by Gasteiger charge is -2.16. The van der Waals surface area contributed by atoms with Gasteiger partial charge in [-0.15, -0.1) is 0 Å². The van der Waals surface area contributed by atoms with Gasteiger partial charge < -0.3 is 20.8 Å². The van der Waals surface area contributed by atoms with Crippen LogP contribution in [-0.4, -0.2) is 36.7 Å². The summed E-state index contributed by atoms with van der Waals surface area (Å²) in [5.41, 5.74) is 6.82. The number of hydrogen-bond acceptors (Lipinski definition) is 5. The topological polar surface area (TPSA) is 87.6 Å². The van der Waals surface area contributed by atoms with Crippen LogP contribution in [0.5, 0.6) is 5.75 Å². The highest BCUT2D eigenvalue weighted by Gasteiger charge is 2.15. The van der Waals surface area contributed by atoms with E-state index in [1.165, 1.54) is 36.4 Å². The minimum atomic E-state index is -2.92. The van der Waals surface area contributed by atoms with Gasteiger partial charge in [0.2, 0.25) is 0 Å². The highest BCUT2D eigenvalue weighted by molar-refractivity contribution is 6.15. The lowest BCUT2D eigenvalue weighted by atomic mass is 10.1. The summed E-state index contributed by atoms with van der Waals surface area (Å²) in [5.74, 6) is -0.134. The molecule has 3 N–H and O–H groups in total. The first-order valence-corrected chi connectivity index (χ1v) is 9.99. The van der Waals surface area contributed by atoms with Crippen LogP contribution in [0.25, 0.3) is 5.57 Å². The fraction of sp³-hybridized carbons (Fsp3) is 0.318. The van der Waals surface area contributed by atoms with Gasteiger partial charge in [0.15, 0.2) is 11.6 Å². The molecule has 0 saturated carbocycles. The van der Waals surface area contributed by atoms with Crippen molar-refractivity contribution in [3.05, 3.63) is 53.9 Å². The van der Waals surface area contributed by atoms with E-state index in [4.69, 9.17) is 11.1 Å². The van der Waals surface area contributed by atoms with Crippen LogP contribution in [0, 0.1) is 11.2 Å². The van der Waals surface area contributed by atoms with Gasteiger partial charge in [-0.05, 0) is 48.7 Å². The lowest BCUT2D eigenvalue weighted by Crippen LogP contribution is -2.19. The smallest absolute Gasteiger partial charge is 0.387 e. The number of allylic oxidation sites excluding steroid dienone is 1. The molecule has 0 amide bonds. The molecule has 9 heteroatoms. The summed E-state index contributed by atoms with van der Waals surface area (Å²) in [6, 6.07) is 8.64. The van der Waals surface area contributed by atoms with Crippen molar-refractivity contribution in [1.29, 1.82) is 5.41 Å². The predicted octanol–water partition coefficient (Wildman–Crippen LogP) is 5.17. The average Bonchev–Trinajstić information content (AvgIpc) is 3.30. The van der Waals surface area contributed by atoms with Crippen molar-refractivity contribution in [3.63, 3.8) is 0 Å². The van der Waals surface area contributed by atoms with Gasteiger partial charge in [0.1, 0.15) is 17.4 Å². The van der Waals surface area contributed by atoms with Gasteiger partial charge >= 0.3 is 6.61 Å². The molecule has 2 heterocycles. The van der Waals surface area contributed by atoms with Crippen LogP contribution in [0.2, 0.25) is 0 Å². The van der Waals surface area contributed by atoms with Crippen molar-refractivity contribution in [2.24, 2.45) is 10.7 Å². The predicted molar refractivity (Wildman–Crippen MR) is 118 cm³/mol. The van der Waals surface area contributed by atoms with Gasteiger partial charge in [0.05, 0.1) is 0 Å². The van der Waals surface area contributed by atoms with Crippen LogP contribution in [-0.2, 0) is 0 Å². The Morgan fingerprint density at radius 3 is 2.39 bits per heavy atom. The van der Waals surface area contributed by atoms with E-state index in [9.17, 15) is 13.2 Å². The third-order valence-corrected chi connectivity index (χ3v) is 4.35. The van der Waals surface area contributed by atoms with Gasteiger partial charge in [0, 0.05) is 24.9 Å². The van der Waals surface area contributed by atoms with Gasteiger partial charge in [-0.2, -0.15) is 8.78 Å². The van der Waals surface area contributed by atoms with E-state index in [0.717, 1.165) is 32.1 Å². The maximum atomic E-state index is 14.1. The minimum Gasteiger partial charge on any atom is -0.435 e. The van der Waals surface area contributed by atoms with Crippen molar-refractivity contribution in [2.75, 3.05) is 18.0 Å². The molecule has 1 aromatic carbocycles. The zero-order valence-electron chi connectivity index (χ0n) is 17.5. The molecular formula is C22H26F3N5O. The van der Waals surface area contributed by atoms with E-state index in [1.54, 1.807) is 6.07 Å². The summed E-state index contributed by atoms with van der Waals surface area (Å²) in [6.45, 7) is 2.81. The van der Waals surface area contributed by atoms with Crippen LogP contribution < -0.4 is 15.4 Å². The molecule has 1 fully saturated rings. The number of ether oxygens (including phenoxy) is 1. The summed E-state index contributed by atoms with van der Waals surface area (Å²) in [5, 5.41) is 7.58. The quantitative estimate of drug-likeness (QED) is 0.466. The third kappa shape index (κ3) is 6.84. The molecule has 0 radical (unpaired) electrons. The molecule has 1 aliphatic rings. The Kier molecular flexibility index (Phi) is 9.05. The monoisotopic (exact) mass is 433 g/mol. The first kappa shape index (κ1) is 23.9. The van der Waals surface area contributed by atoms with Crippen LogP contribution in [0.15, 0.2) is 47.5 Å². The van der Waals surface area contributed by atoms with Crippen LogP contribution in [0.1, 0.15) is 32.3 Å². The highest BCUT2D eigenvalue weighted by Crippen LogP contribution is 2.24. The number of amidine groups is 1. The van der Waals surface area contributed by atoms with Gasteiger partial charge in [-0.3, -0.25) is 0 Å². The molecular weight excluding hydrogens is 407 g/mol. The number of alkyl halides is 2. The fourth-order valence-electron chi connectivity index (χ4n) is 2.97. The molecule has 0 bridgehead atoms. The van der Waals surface area contributed by atoms with Crippen molar-refractivity contribution >= 4 is 29.3 Å². The number of rotatable bonds is 7. The van der Waals surface area contributed by atoms with Crippen molar-refractivity contribution in [2.45, 2.75) is 33.3 Å². The number of aromatic nitrogens is 1. The standard InChI is InChI=1S/C20H20F3N5O.C2H6/c21-16-7-8-18(28-9-1-2-10-28)27-19(16)26-17(25)11-14(12-24)13-3-5-15(6-4-13)29-20(22)23;1-2/h3-8,11-12,20,24H,1-2,9-10H2,(H2,25,26,27);1-2H3/b14-11+,24-12?;. The van der Waals surface area contributed by atoms with Crippen molar-refractivity contribution in [3.8, 4) is 5.75 Å². The first-order chi connectivity index (χ1) is 15.0. The molecule has 1 aromatic heterocycles. The SMILES string of the molecule is CC.N=C/C(=C\C(N)=N\c1nc(N2CCCC2)ccc1F)c1ccc(OC(F)F)cc1. The summed E-state index contributed by atoms with van der Waals surface area (Å²) in [7, 11) is 0. The molecule has 2 aromatic rings. The van der Waals surface area contributed by atoms with Gasteiger partial charge in [-0.1, -0.05) is 26.0 Å². The number of hydrogen-bond donors (Lipinski definition) is 2. The Morgan fingerprint density at radius 1 is 1.16 bits per heavy atom. The molecule has 1 saturated heterocycles. The Morgan fingerprint density at radius 2 is 1.81 bits per heavy atom. The highest BCUT2D eigenvalue weighted by atomic mass is 19.3. The molecule has 1 aliphatic heterocycles. The van der Waals surface area contributed by atoms with Crippen LogP contribution in [0.3, 0.4) is 0 Å². The van der Waals surface area contributed by atoms with Gasteiger partial charge in [-0.25, -0.2) is 14.4 Å². The molecule has 6 nitrogen and oxygen atoms in total. The van der Waals surface area contributed by atoms with E-state index in [2.05, 4.69) is 19.6 Å². The van der Waals surface area contributed by atoms with Crippen LogP contribution in [0.4, 0.5) is 24.8 Å². The second-order valence-electron chi connectivity index (χ2n) is 6.35. The summed E-state index contributed by atoms with van der Waals surface area (Å²) < 4.78 is 42.9. The summed E-state index contributed by atoms with van der Waals surface area (Å²) in [4.78, 5) is 10.3. The van der Waals surface area contributed by atoms with Crippen molar-refractivity contribution < 1.29 is 17.9 Å². The van der Waals surface area contributed by atoms with Gasteiger partial charge in [0.25, 0.3) is 0 Å². The Hall–Kier alpha value is -3.36. The number of benzene rings is 1. The Labute approximate surface area is 179 Å². The lowest BCUT2D eigenvalue weighted by molar-refractivity contribution is -0.0498. The number of anilines is 1. The summed E-state index contributed by atoms with van der Waals surface area (Å²) >= 11 is 0. The largest absolute Gasteiger partial charge is 0.435 e. The zero-order chi connectivity index (χ0) is 22.8. The van der Waals surface area contributed by atoms with E-state index < -0.39 is 12.4 Å². The number of aliphatic imine (C=N–C) groups is 1. The normalized spacial score (nSPS) is 14.3. The van der Waals surface area contributed by atoms with E-state index in [-0.39, 0.29) is 17.4 Å². The minimum absolute atomic E-state index is 0.000261. The van der Waals surface area contributed by atoms with E-state index >= 15 is 0 Å². The third-order valence-electron chi connectivity index (χ3n) is 4.35. The molecule has 0 aliphatic carbocycles. The molecule has 31 heavy (non-hydrogen) atoms. The van der Waals surface area contributed by atoms with E-state index in [0.29, 0.717) is 17.0 Å². The average molecular weight is 433 g/mol. The first-order valence-electron chi connectivity index (χ1n) is 9.99. The Balaban J connectivity index is 0.00000166. The second-order valence-corrected chi connectivity index (χ2v) is 6.35.